The van der Waals surface area contributed by atoms with Gasteiger partial charge in [0, 0.05) is 24.0 Å². The van der Waals surface area contributed by atoms with Crippen LogP contribution in [0, 0.1) is 5.41 Å². The van der Waals surface area contributed by atoms with E-state index in [1.54, 1.807) is 0 Å². The second-order valence-corrected chi connectivity index (χ2v) is 8.10. The first-order chi connectivity index (χ1) is 9.59. The number of nitrogens with one attached hydrogen (secondary N) is 1. The van der Waals surface area contributed by atoms with E-state index in [0.717, 1.165) is 6.42 Å². The van der Waals surface area contributed by atoms with Gasteiger partial charge in [-0.15, -0.1) is 0 Å². The molecule has 0 amide bonds. The van der Waals surface area contributed by atoms with E-state index in [0.29, 0.717) is 11.5 Å². The lowest BCUT2D eigenvalue weighted by molar-refractivity contribution is 0.265. The van der Waals surface area contributed by atoms with E-state index in [4.69, 9.17) is 4.98 Å². The van der Waals surface area contributed by atoms with Crippen molar-refractivity contribution >= 4 is 16.5 Å². The zero-order chi connectivity index (χ0) is 14.2. The van der Waals surface area contributed by atoms with Crippen molar-refractivity contribution in [2.24, 2.45) is 5.41 Å². The number of nitrogens with zero attached hydrogens (tertiary/aromatic N) is 2. The molecule has 0 saturated carbocycles. The van der Waals surface area contributed by atoms with E-state index in [2.05, 4.69) is 31.1 Å². The van der Waals surface area contributed by atoms with E-state index < -0.39 is 0 Å². The Bertz CT molecular complexity index is 458. The topological polar surface area (TPSA) is 28.2 Å². The molecule has 2 heterocycles. The number of hydrogen-bond acceptors (Lipinski definition) is 4. The van der Waals surface area contributed by atoms with Crippen LogP contribution in [0.3, 0.4) is 0 Å². The van der Waals surface area contributed by atoms with Gasteiger partial charge in [0.2, 0.25) is 0 Å². The standard InChI is InChI=1S/C16H27N3S/c1-16(2)10-12(17-3)14-13(11-16)18-15(20-14)19-8-6-4-5-7-9-19/h12,17H,4-11H2,1-3H3. The summed E-state index contributed by atoms with van der Waals surface area (Å²) < 4.78 is 0. The van der Waals surface area contributed by atoms with Gasteiger partial charge in [0.1, 0.15) is 0 Å². The third-order valence-corrected chi connectivity index (χ3v) is 5.93. The van der Waals surface area contributed by atoms with Crippen LogP contribution in [0.25, 0.3) is 0 Å². The highest BCUT2D eigenvalue weighted by Gasteiger charge is 2.34. The summed E-state index contributed by atoms with van der Waals surface area (Å²) in [6, 6.07) is 0.493. The van der Waals surface area contributed by atoms with Crippen LogP contribution in [-0.2, 0) is 6.42 Å². The van der Waals surface area contributed by atoms with Crippen LogP contribution in [0.2, 0.25) is 0 Å². The maximum absolute atomic E-state index is 5.01. The third-order valence-electron chi connectivity index (χ3n) is 4.66. The molecule has 1 saturated heterocycles. The molecule has 2 aliphatic rings. The van der Waals surface area contributed by atoms with Crippen molar-refractivity contribution in [3.8, 4) is 0 Å². The number of rotatable bonds is 2. The fraction of sp³-hybridized carbons (Fsp3) is 0.812. The van der Waals surface area contributed by atoms with Gasteiger partial charge < -0.3 is 10.2 Å². The predicted molar refractivity (Wildman–Crippen MR) is 86.7 cm³/mol. The Labute approximate surface area is 126 Å². The minimum Gasteiger partial charge on any atom is -0.348 e. The highest BCUT2D eigenvalue weighted by molar-refractivity contribution is 7.15. The van der Waals surface area contributed by atoms with Gasteiger partial charge in [0.05, 0.1) is 5.69 Å². The fourth-order valence-electron chi connectivity index (χ4n) is 3.55. The largest absolute Gasteiger partial charge is 0.348 e. The van der Waals surface area contributed by atoms with Crippen molar-refractivity contribution in [1.29, 1.82) is 0 Å². The van der Waals surface area contributed by atoms with Crippen molar-refractivity contribution < 1.29 is 0 Å². The Kier molecular flexibility index (Phi) is 4.04. The predicted octanol–water partition coefficient (Wildman–Crippen LogP) is 3.76. The highest BCUT2D eigenvalue weighted by Crippen LogP contribution is 2.44. The summed E-state index contributed by atoms with van der Waals surface area (Å²) in [6.45, 7) is 7.12. The van der Waals surface area contributed by atoms with Crippen molar-refractivity contribution in [3.05, 3.63) is 10.6 Å². The molecule has 1 aliphatic carbocycles. The number of hydrogen-bond donors (Lipinski definition) is 1. The zero-order valence-electron chi connectivity index (χ0n) is 13.0. The zero-order valence-corrected chi connectivity index (χ0v) is 13.9. The van der Waals surface area contributed by atoms with Gasteiger partial charge in [0.25, 0.3) is 0 Å². The molecule has 0 aromatic carbocycles. The van der Waals surface area contributed by atoms with Gasteiger partial charge in [-0.1, -0.05) is 38.0 Å². The molecule has 3 rings (SSSR count). The van der Waals surface area contributed by atoms with Crippen molar-refractivity contribution in [2.45, 2.75) is 58.4 Å². The first-order valence-corrected chi connectivity index (χ1v) is 8.82. The molecule has 112 valence electrons. The Hall–Kier alpha value is -0.610. The number of thiazole rings is 1. The second kappa shape index (κ2) is 5.64. The average molecular weight is 293 g/mol. The van der Waals surface area contributed by atoms with Crippen LogP contribution >= 0.6 is 11.3 Å². The lowest BCUT2D eigenvalue weighted by Crippen LogP contribution is -2.30. The van der Waals surface area contributed by atoms with Gasteiger partial charge in [0.15, 0.2) is 5.13 Å². The van der Waals surface area contributed by atoms with Gasteiger partial charge in [-0.25, -0.2) is 4.98 Å². The summed E-state index contributed by atoms with van der Waals surface area (Å²) in [5.74, 6) is 0. The molecule has 1 aliphatic heterocycles. The third kappa shape index (κ3) is 2.86. The lowest BCUT2D eigenvalue weighted by atomic mass is 9.76. The maximum Gasteiger partial charge on any atom is 0.185 e. The van der Waals surface area contributed by atoms with E-state index >= 15 is 0 Å². The Morgan fingerprint density at radius 3 is 2.55 bits per heavy atom. The van der Waals surface area contributed by atoms with Gasteiger partial charge in [-0.3, -0.25) is 0 Å². The summed E-state index contributed by atoms with van der Waals surface area (Å²) in [7, 11) is 2.08. The first kappa shape index (κ1) is 14.3. The second-order valence-electron chi connectivity index (χ2n) is 7.10. The minimum atomic E-state index is 0.366. The molecule has 1 aromatic heterocycles. The van der Waals surface area contributed by atoms with Crippen LogP contribution < -0.4 is 10.2 Å². The van der Waals surface area contributed by atoms with Crippen LogP contribution in [-0.4, -0.2) is 25.1 Å². The van der Waals surface area contributed by atoms with Crippen molar-refractivity contribution in [2.75, 3.05) is 25.0 Å². The van der Waals surface area contributed by atoms with Crippen LogP contribution in [0.1, 0.15) is 62.6 Å². The van der Waals surface area contributed by atoms with Gasteiger partial charge >= 0.3 is 0 Å². The number of aromatic nitrogens is 1. The minimum absolute atomic E-state index is 0.366. The fourth-order valence-corrected chi connectivity index (χ4v) is 4.79. The van der Waals surface area contributed by atoms with E-state index in [1.165, 1.54) is 60.9 Å². The highest BCUT2D eigenvalue weighted by atomic mass is 32.1. The lowest BCUT2D eigenvalue weighted by Gasteiger charge is -2.34. The van der Waals surface area contributed by atoms with Crippen molar-refractivity contribution in [1.82, 2.24) is 10.3 Å². The molecule has 20 heavy (non-hydrogen) atoms. The number of fused-ring (bicyclic) bond motifs is 1. The van der Waals surface area contributed by atoms with Crippen molar-refractivity contribution in [3.63, 3.8) is 0 Å². The Balaban J connectivity index is 1.87. The van der Waals surface area contributed by atoms with Gasteiger partial charge in [-0.2, -0.15) is 0 Å². The summed E-state index contributed by atoms with van der Waals surface area (Å²) in [6.07, 6.45) is 7.76. The molecule has 1 atom stereocenters. The number of anilines is 1. The molecular weight excluding hydrogens is 266 g/mol. The molecule has 1 fully saturated rings. The molecule has 1 aromatic rings. The Morgan fingerprint density at radius 2 is 1.90 bits per heavy atom. The molecular formula is C16H27N3S. The summed E-state index contributed by atoms with van der Waals surface area (Å²) in [5, 5.41) is 4.77. The summed E-state index contributed by atoms with van der Waals surface area (Å²) in [4.78, 5) is 9.03. The molecule has 0 radical (unpaired) electrons. The van der Waals surface area contributed by atoms with Crippen LogP contribution in [0.5, 0.6) is 0 Å². The van der Waals surface area contributed by atoms with Gasteiger partial charge in [-0.05, 0) is 38.1 Å². The molecule has 1 unspecified atom stereocenters. The molecule has 1 N–H and O–H groups in total. The average Bonchev–Trinajstić information content (AvgIpc) is 2.63. The molecule has 4 heteroatoms. The smallest absolute Gasteiger partial charge is 0.185 e. The molecule has 0 bridgehead atoms. The monoisotopic (exact) mass is 293 g/mol. The van der Waals surface area contributed by atoms with E-state index in [1.807, 2.05) is 11.3 Å². The Morgan fingerprint density at radius 1 is 1.20 bits per heavy atom. The van der Waals surface area contributed by atoms with E-state index in [-0.39, 0.29) is 0 Å². The van der Waals surface area contributed by atoms with E-state index in [9.17, 15) is 0 Å². The molecule has 0 spiro atoms. The maximum atomic E-state index is 5.01. The molecule has 3 nitrogen and oxygen atoms in total. The quantitative estimate of drug-likeness (QED) is 0.900. The SMILES string of the molecule is CNC1CC(C)(C)Cc2nc(N3CCCCCC3)sc21. The first-order valence-electron chi connectivity index (χ1n) is 8.01. The van der Waals surface area contributed by atoms with Crippen LogP contribution in [0.4, 0.5) is 5.13 Å². The normalized spacial score (nSPS) is 26.1. The summed E-state index contributed by atoms with van der Waals surface area (Å²) >= 11 is 1.94. The summed E-state index contributed by atoms with van der Waals surface area (Å²) in [5.41, 5.74) is 1.72. The van der Waals surface area contributed by atoms with Crippen LogP contribution in [0.15, 0.2) is 0 Å².